The molecule has 6 nitrogen and oxygen atoms in total. The van der Waals surface area contributed by atoms with Gasteiger partial charge in [0.2, 0.25) is 0 Å². The third-order valence-electron chi connectivity index (χ3n) is 3.24. The van der Waals surface area contributed by atoms with Gasteiger partial charge in [-0.15, -0.1) is 0 Å². The van der Waals surface area contributed by atoms with E-state index < -0.39 is 0 Å². The Morgan fingerprint density at radius 3 is 2.25 bits per heavy atom. The van der Waals surface area contributed by atoms with Crippen molar-refractivity contribution in [3.8, 4) is 11.5 Å². The van der Waals surface area contributed by atoms with Crippen molar-refractivity contribution in [3.63, 3.8) is 0 Å². The lowest BCUT2D eigenvalue weighted by Gasteiger charge is -2.13. The molecule has 0 spiro atoms. The molecule has 0 atom stereocenters. The van der Waals surface area contributed by atoms with Gasteiger partial charge in [-0.3, -0.25) is 15.6 Å². The fraction of sp³-hybridized carbons (Fsp3) is 0.176. The minimum Gasteiger partial charge on any atom is -0.493 e. The van der Waals surface area contributed by atoms with E-state index in [9.17, 15) is 4.79 Å². The van der Waals surface area contributed by atoms with Gasteiger partial charge in [-0.1, -0.05) is 17.7 Å². The third-order valence-corrected chi connectivity index (χ3v) is 3.45. The quantitative estimate of drug-likeness (QED) is 0.584. The van der Waals surface area contributed by atoms with Crippen LogP contribution in [0.1, 0.15) is 15.9 Å². The van der Waals surface area contributed by atoms with Gasteiger partial charge in [0.05, 0.1) is 14.2 Å². The van der Waals surface area contributed by atoms with Gasteiger partial charge in [-0.25, -0.2) is 0 Å². The Morgan fingerprint density at radius 2 is 1.62 bits per heavy atom. The Bertz CT molecular complexity index is 732. The predicted molar refractivity (Wildman–Crippen MR) is 97.5 cm³/mol. The van der Waals surface area contributed by atoms with E-state index in [1.165, 1.54) is 14.2 Å². The van der Waals surface area contributed by atoms with Crippen LogP contribution in [0.5, 0.6) is 11.5 Å². The van der Waals surface area contributed by atoms with Crippen LogP contribution in [-0.2, 0) is 0 Å². The van der Waals surface area contributed by atoms with Crippen molar-refractivity contribution in [2.75, 3.05) is 19.5 Å². The SMILES string of the molecule is COc1ccc(C(=O)NNC(=S)Nc2ccc(C)cc2)cc1OC. The number of benzene rings is 2. The number of aryl methyl sites for hydroxylation is 1. The largest absolute Gasteiger partial charge is 0.493 e. The first-order valence-corrected chi connectivity index (χ1v) is 7.60. The summed E-state index contributed by atoms with van der Waals surface area (Å²) < 4.78 is 10.3. The van der Waals surface area contributed by atoms with E-state index >= 15 is 0 Å². The van der Waals surface area contributed by atoms with E-state index in [1.807, 2.05) is 31.2 Å². The number of amides is 1. The summed E-state index contributed by atoms with van der Waals surface area (Å²) in [6.45, 7) is 2.00. The number of nitrogens with one attached hydrogen (secondary N) is 3. The number of thiocarbonyl (C=S) groups is 1. The topological polar surface area (TPSA) is 71.6 Å². The lowest BCUT2D eigenvalue weighted by molar-refractivity contribution is 0.0944. The van der Waals surface area contributed by atoms with Crippen molar-refractivity contribution >= 4 is 28.9 Å². The smallest absolute Gasteiger partial charge is 0.269 e. The van der Waals surface area contributed by atoms with E-state index in [1.54, 1.807) is 18.2 Å². The van der Waals surface area contributed by atoms with Crippen LogP contribution in [0.25, 0.3) is 0 Å². The number of anilines is 1. The number of ether oxygens (including phenoxy) is 2. The highest BCUT2D eigenvalue weighted by atomic mass is 32.1. The molecule has 24 heavy (non-hydrogen) atoms. The molecule has 2 aromatic carbocycles. The van der Waals surface area contributed by atoms with Crippen molar-refractivity contribution in [2.45, 2.75) is 6.92 Å². The molecular formula is C17H19N3O3S. The molecular weight excluding hydrogens is 326 g/mol. The van der Waals surface area contributed by atoms with Crippen LogP contribution >= 0.6 is 12.2 Å². The molecule has 2 aromatic rings. The van der Waals surface area contributed by atoms with Crippen LogP contribution in [0, 0.1) is 6.92 Å². The first kappa shape index (κ1) is 17.6. The second kappa shape index (κ2) is 8.16. The summed E-state index contributed by atoms with van der Waals surface area (Å²) in [6.07, 6.45) is 0. The first-order valence-electron chi connectivity index (χ1n) is 7.19. The van der Waals surface area contributed by atoms with Gasteiger partial charge in [0, 0.05) is 11.3 Å². The predicted octanol–water partition coefficient (Wildman–Crippen LogP) is 2.64. The summed E-state index contributed by atoms with van der Waals surface area (Å²) in [4.78, 5) is 12.2. The molecule has 3 N–H and O–H groups in total. The Balaban J connectivity index is 1.92. The summed E-state index contributed by atoms with van der Waals surface area (Å²) in [5.74, 6) is 0.688. The van der Waals surface area contributed by atoms with Gasteiger partial charge in [0.15, 0.2) is 16.6 Å². The molecule has 1 amide bonds. The van der Waals surface area contributed by atoms with E-state index in [2.05, 4.69) is 16.2 Å². The van der Waals surface area contributed by atoms with E-state index in [0.29, 0.717) is 17.1 Å². The maximum absolute atomic E-state index is 12.2. The lowest BCUT2D eigenvalue weighted by atomic mass is 10.2. The van der Waals surface area contributed by atoms with Crippen molar-refractivity contribution in [2.24, 2.45) is 0 Å². The maximum atomic E-state index is 12.2. The zero-order valence-corrected chi connectivity index (χ0v) is 14.5. The van der Waals surface area contributed by atoms with E-state index in [0.717, 1.165) is 11.3 Å². The Labute approximate surface area is 146 Å². The molecule has 0 unspecified atom stereocenters. The zero-order valence-electron chi connectivity index (χ0n) is 13.7. The number of hydrazine groups is 1. The van der Waals surface area contributed by atoms with Gasteiger partial charge in [0.1, 0.15) is 0 Å². The molecule has 0 fully saturated rings. The highest BCUT2D eigenvalue weighted by Crippen LogP contribution is 2.27. The molecule has 2 rings (SSSR count). The molecule has 0 heterocycles. The normalized spacial score (nSPS) is 9.79. The Morgan fingerprint density at radius 1 is 0.958 bits per heavy atom. The first-order chi connectivity index (χ1) is 11.5. The van der Waals surface area contributed by atoms with Crippen LogP contribution in [-0.4, -0.2) is 25.2 Å². The van der Waals surface area contributed by atoms with Crippen LogP contribution in [0.4, 0.5) is 5.69 Å². The molecule has 7 heteroatoms. The summed E-state index contributed by atoms with van der Waals surface area (Å²) >= 11 is 5.14. The molecule has 0 saturated heterocycles. The summed E-state index contributed by atoms with van der Waals surface area (Å²) in [5.41, 5.74) is 7.59. The number of carbonyl (C=O) groups is 1. The molecule has 126 valence electrons. The number of rotatable bonds is 4. The number of methoxy groups -OCH3 is 2. The second-order valence-corrected chi connectivity index (χ2v) is 5.38. The van der Waals surface area contributed by atoms with Gasteiger partial charge in [-0.2, -0.15) is 0 Å². The fourth-order valence-corrected chi connectivity index (χ4v) is 2.13. The van der Waals surface area contributed by atoms with Crippen molar-refractivity contribution in [1.29, 1.82) is 0 Å². The standard InChI is InChI=1S/C17H19N3O3S/c1-11-4-7-13(8-5-11)18-17(24)20-19-16(21)12-6-9-14(22-2)15(10-12)23-3/h4-10H,1-3H3,(H,19,21)(H2,18,20,24). The van der Waals surface area contributed by atoms with Crippen LogP contribution in [0.15, 0.2) is 42.5 Å². The number of hydrogen-bond acceptors (Lipinski definition) is 4. The molecule has 0 radical (unpaired) electrons. The summed E-state index contributed by atoms with van der Waals surface area (Å²) in [6, 6.07) is 12.6. The van der Waals surface area contributed by atoms with Gasteiger partial charge in [-0.05, 0) is 49.5 Å². The highest BCUT2D eigenvalue weighted by molar-refractivity contribution is 7.80. The van der Waals surface area contributed by atoms with Gasteiger partial charge >= 0.3 is 0 Å². The van der Waals surface area contributed by atoms with Crippen molar-refractivity contribution in [3.05, 3.63) is 53.6 Å². The zero-order chi connectivity index (χ0) is 17.5. The maximum Gasteiger partial charge on any atom is 0.269 e. The molecule has 0 bridgehead atoms. The molecule has 0 aliphatic rings. The molecule has 0 aromatic heterocycles. The fourth-order valence-electron chi connectivity index (χ4n) is 1.96. The van der Waals surface area contributed by atoms with E-state index in [-0.39, 0.29) is 11.0 Å². The van der Waals surface area contributed by atoms with E-state index in [4.69, 9.17) is 21.7 Å². The van der Waals surface area contributed by atoms with Crippen LogP contribution in [0.3, 0.4) is 0 Å². The molecule has 0 aliphatic heterocycles. The monoisotopic (exact) mass is 345 g/mol. The average Bonchev–Trinajstić information content (AvgIpc) is 2.61. The number of carbonyl (C=O) groups excluding carboxylic acids is 1. The van der Waals surface area contributed by atoms with Gasteiger partial charge < -0.3 is 14.8 Å². The van der Waals surface area contributed by atoms with Gasteiger partial charge in [0.25, 0.3) is 5.91 Å². The Hall–Kier alpha value is -2.80. The lowest BCUT2D eigenvalue weighted by Crippen LogP contribution is -2.43. The number of hydrogen-bond donors (Lipinski definition) is 3. The average molecular weight is 345 g/mol. The molecule has 0 aliphatic carbocycles. The highest BCUT2D eigenvalue weighted by Gasteiger charge is 2.10. The summed E-state index contributed by atoms with van der Waals surface area (Å²) in [5, 5.41) is 3.26. The Kier molecular flexibility index (Phi) is 5.97. The minimum atomic E-state index is -0.344. The third kappa shape index (κ3) is 4.60. The van der Waals surface area contributed by atoms with Crippen molar-refractivity contribution in [1.82, 2.24) is 10.9 Å². The van der Waals surface area contributed by atoms with Crippen LogP contribution < -0.4 is 25.6 Å². The second-order valence-electron chi connectivity index (χ2n) is 4.97. The van der Waals surface area contributed by atoms with Crippen LogP contribution in [0.2, 0.25) is 0 Å². The molecule has 0 saturated carbocycles. The minimum absolute atomic E-state index is 0.285. The van der Waals surface area contributed by atoms with Crippen molar-refractivity contribution < 1.29 is 14.3 Å². The summed E-state index contributed by atoms with van der Waals surface area (Å²) in [7, 11) is 3.05.